The predicted octanol–water partition coefficient (Wildman–Crippen LogP) is 6.96. The molecule has 6 aromatic rings. The molecule has 0 bridgehead atoms. The molecule has 6 rings (SSSR count). The lowest BCUT2D eigenvalue weighted by atomic mass is 10.1. The van der Waals surface area contributed by atoms with Crippen LogP contribution in [0, 0.1) is 0 Å². The molecule has 2 heterocycles. The molecular weight excluding hydrogens is 796 g/mol. The van der Waals surface area contributed by atoms with Crippen molar-refractivity contribution in [1.29, 1.82) is 0 Å². The molecule has 14 nitrogen and oxygen atoms in total. The second-order valence-electron chi connectivity index (χ2n) is 12.3. The monoisotopic (exact) mass is 838 g/mol. The number of aromatic nitrogens is 2. The number of methoxy groups -OCH3 is 3. The summed E-state index contributed by atoms with van der Waals surface area (Å²) in [6, 6.07) is 37.7. The Balaban J connectivity index is 0.000000214. The SMILES string of the molecule is COC(=O)C(Cl)C(=O)Cc1ccccc1.COC(=O)CC(=O)Cc1ccccc1.COC(=O)c1ocnc1Cc1ccccc1.O=C(O)c1ocnc1Cc1ccccc1. The number of ether oxygens (including phenoxy) is 3. The minimum absolute atomic E-state index is 0.0844. The fraction of sp³-hybridized carbons (Fsp3) is 0.200. The van der Waals surface area contributed by atoms with Crippen molar-refractivity contribution in [3.63, 3.8) is 0 Å². The molecule has 0 radical (unpaired) electrons. The number of rotatable bonds is 14. The summed E-state index contributed by atoms with van der Waals surface area (Å²) in [5.74, 6) is -3.16. The van der Waals surface area contributed by atoms with Crippen LogP contribution in [0.2, 0.25) is 0 Å². The van der Waals surface area contributed by atoms with E-state index in [1.807, 2.05) is 109 Å². The van der Waals surface area contributed by atoms with Crippen LogP contribution < -0.4 is 0 Å². The molecule has 0 aliphatic rings. The van der Waals surface area contributed by atoms with Gasteiger partial charge in [-0.15, -0.1) is 11.6 Å². The van der Waals surface area contributed by atoms with E-state index in [2.05, 4.69) is 24.2 Å². The molecule has 15 heteroatoms. The summed E-state index contributed by atoms with van der Waals surface area (Å²) in [5.41, 5.74) is 4.88. The van der Waals surface area contributed by atoms with Gasteiger partial charge in [-0.2, -0.15) is 0 Å². The number of carboxylic acids is 1. The summed E-state index contributed by atoms with van der Waals surface area (Å²) in [6.45, 7) is 0. The Labute approximate surface area is 351 Å². The lowest BCUT2D eigenvalue weighted by molar-refractivity contribution is -0.144. The van der Waals surface area contributed by atoms with Crippen LogP contribution in [0.3, 0.4) is 0 Å². The van der Waals surface area contributed by atoms with Gasteiger partial charge in [0.2, 0.25) is 11.5 Å². The van der Waals surface area contributed by atoms with E-state index >= 15 is 0 Å². The zero-order valence-electron chi connectivity index (χ0n) is 33.0. The molecule has 0 aliphatic carbocycles. The topological polar surface area (TPSA) is 202 Å². The minimum atomic E-state index is -1.21. The standard InChI is InChI=1S/C12H11NO3.C11H11ClO3.C11H9NO3.C11H12O3/c1-15-12(14)11-10(13-8-16-11)7-9-5-3-2-4-6-9;1-15-11(14)10(12)9(13)7-8-5-3-2-4-6-8;13-11(14)10-9(12-7-15-10)6-8-4-2-1-3-5-8;1-14-11(13)8-10(12)7-9-5-3-2-4-6-9/h2-6,8H,7H2,1H3;2-6,10H,7H2,1H3;1-5,7H,6H2,(H,13,14);2-6H,7-8H2,1H3. The summed E-state index contributed by atoms with van der Waals surface area (Å²) in [5, 5.41) is 7.59. The Bertz CT molecular complexity index is 2240. The van der Waals surface area contributed by atoms with E-state index in [-0.39, 0.29) is 42.3 Å². The Kier molecular flexibility index (Phi) is 20.4. The summed E-state index contributed by atoms with van der Waals surface area (Å²) in [4.78, 5) is 74.5. The van der Waals surface area contributed by atoms with Gasteiger partial charge in [0, 0.05) is 25.7 Å². The highest BCUT2D eigenvalue weighted by Crippen LogP contribution is 2.15. The zero-order chi connectivity index (χ0) is 43.7. The molecule has 4 aromatic carbocycles. The lowest BCUT2D eigenvalue weighted by Gasteiger charge is -2.05. The van der Waals surface area contributed by atoms with E-state index < -0.39 is 29.3 Å². The highest BCUT2D eigenvalue weighted by atomic mass is 35.5. The maximum absolute atomic E-state index is 11.5. The van der Waals surface area contributed by atoms with Crippen LogP contribution >= 0.6 is 11.6 Å². The van der Waals surface area contributed by atoms with Crippen LogP contribution in [-0.4, -0.2) is 77.2 Å². The number of halogens is 1. The number of benzene rings is 4. The number of carbonyl (C=O) groups excluding carboxylic acids is 5. The van der Waals surface area contributed by atoms with Gasteiger partial charge in [-0.25, -0.2) is 24.4 Å². The second kappa shape index (κ2) is 25.9. The summed E-state index contributed by atoms with van der Waals surface area (Å²) < 4.78 is 23.2. The fourth-order valence-corrected chi connectivity index (χ4v) is 5.21. The third-order valence-electron chi connectivity index (χ3n) is 8.00. The molecule has 0 spiro atoms. The van der Waals surface area contributed by atoms with Gasteiger partial charge in [0.05, 0.1) is 32.7 Å². The van der Waals surface area contributed by atoms with Crippen LogP contribution in [-0.2, 0) is 59.1 Å². The van der Waals surface area contributed by atoms with Gasteiger partial charge in [0.15, 0.2) is 23.9 Å². The van der Waals surface area contributed by atoms with Gasteiger partial charge in [0.1, 0.15) is 12.2 Å². The van der Waals surface area contributed by atoms with Gasteiger partial charge >= 0.3 is 23.9 Å². The van der Waals surface area contributed by atoms with E-state index in [9.17, 15) is 28.8 Å². The van der Waals surface area contributed by atoms with Crippen molar-refractivity contribution in [3.8, 4) is 0 Å². The van der Waals surface area contributed by atoms with Crippen molar-refractivity contribution in [1.82, 2.24) is 9.97 Å². The number of Topliss-reactive ketones (excluding diaryl/α,β-unsaturated/α-hetero) is 2. The summed E-state index contributed by atoms with van der Waals surface area (Å²) in [6.07, 6.45) is 3.72. The average Bonchev–Trinajstić information content (AvgIpc) is 3.95. The number of nitrogens with zero attached hydrogens (tertiary/aromatic N) is 2. The van der Waals surface area contributed by atoms with Crippen molar-refractivity contribution in [2.75, 3.05) is 21.3 Å². The first kappa shape index (κ1) is 47.2. The van der Waals surface area contributed by atoms with Crippen LogP contribution in [0.15, 0.2) is 143 Å². The summed E-state index contributed by atoms with van der Waals surface area (Å²) in [7, 11) is 3.79. The van der Waals surface area contributed by atoms with Crippen LogP contribution in [0.1, 0.15) is 61.2 Å². The number of carbonyl (C=O) groups is 6. The minimum Gasteiger partial charge on any atom is -0.475 e. The second-order valence-corrected chi connectivity index (χ2v) is 12.8. The number of oxazole rings is 2. The Morgan fingerprint density at radius 1 is 0.583 bits per heavy atom. The number of carboxylic acid groups (broad SMARTS) is 1. The average molecular weight is 839 g/mol. The molecule has 0 amide bonds. The lowest BCUT2D eigenvalue weighted by Crippen LogP contribution is -2.27. The third kappa shape index (κ3) is 16.7. The normalized spacial score (nSPS) is 10.4. The third-order valence-corrected chi connectivity index (χ3v) is 8.42. The van der Waals surface area contributed by atoms with Crippen LogP contribution in [0.5, 0.6) is 0 Å². The Morgan fingerprint density at radius 3 is 1.42 bits per heavy atom. The first-order chi connectivity index (χ1) is 28.9. The predicted molar refractivity (Wildman–Crippen MR) is 218 cm³/mol. The maximum Gasteiger partial charge on any atom is 0.375 e. The molecule has 1 unspecified atom stereocenters. The summed E-state index contributed by atoms with van der Waals surface area (Å²) >= 11 is 5.61. The molecule has 0 saturated heterocycles. The first-order valence-corrected chi connectivity index (χ1v) is 18.5. The molecular formula is C45H43ClN2O12. The molecule has 0 fully saturated rings. The fourth-order valence-electron chi connectivity index (χ4n) is 5.04. The number of hydrogen-bond acceptors (Lipinski definition) is 13. The first-order valence-electron chi connectivity index (χ1n) is 18.1. The van der Waals surface area contributed by atoms with E-state index in [0.717, 1.165) is 28.6 Å². The van der Waals surface area contributed by atoms with Crippen LogP contribution in [0.25, 0.3) is 0 Å². The smallest absolute Gasteiger partial charge is 0.375 e. The number of ketones is 2. The van der Waals surface area contributed by atoms with E-state index in [1.165, 1.54) is 27.7 Å². The van der Waals surface area contributed by atoms with Gasteiger partial charge in [-0.1, -0.05) is 121 Å². The highest BCUT2D eigenvalue weighted by Gasteiger charge is 2.24. The van der Waals surface area contributed by atoms with E-state index in [4.69, 9.17) is 25.5 Å². The number of hydrogen-bond donors (Lipinski definition) is 1. The molecule has 0 saturated carbocycles. The quantitative estimate of drug-likeness (QED) is 0.0511. The number of alkyl halides is 1. The molecule has 1 N–H and O–H groups in total. The molecule has 0 aliphatic heterocycles. The number of esters is 3. The largest absolute Gasteiger partial charge is 0.475 e. The van der Waals surface area contributed by atoms with Gasteiger partial charge < -0.3 is 28.2 Å². The molecule has 2 aromatic heterocycles. The maximum atomic E-state index is 11.5. The van der Waals surface area contributed by atoms with Crippen molar-refractivity contribution in [3.05, 3.63) is 179 Å². The van der Waals surface area contributed by atoms with Gasteiger partial charge in [-0.05, 0) is 22.3 Å². The molecule has 1 atom stereocenters. The van der Waals surface area contributed by atoms with Gasteiger partial charge in [-0.3, -0.25) is 14.4 Å². The Morgan fingerprint density at radius 2 is 1.00 bits per heavy atom. The Hall–Kier alpha value is -7.19. The van der Waals surface area contributed by atoms with Crippen molar-refractivity contribution >= 4 is 47.0 Å². The van der Waals surface area contributed by atoms with Crippen molar-refractivity contribution < 1.29 is 56.9 Å². The molecule has 312 valence electrons. The van der Waals surface area contributed by atoms with Crippen molar-refractivity contribution in [2.24, 2.45) is 0 Å². The zero-order valence-corrected chi connectivity index (χ0v) is 33.8. The number of aromatic carboxylic acids is 1. The highest BCUT2D eigenvalue weighted by molar-refractivity contribution is 6.41. The van der Waals surface area contributed by atoms with Crippen molar-refractivity contribution in [2.45, 2.75) is 37.5 Å². The van der Waals surface area contributed by atoms with E-state index in [1.54, 1.807) is 12.1 Å². The van der Waals surface area contributed by atoms with Crippen LogP contribution in [0.4, 0.5) is 0 Å². The van der Waals surface area contributed by atoms with E-state index in [0.29, 0.717) is 24.2 Å². The molecule has 60 heavy (non-hydrogen) atoms. The van der Waals surface area contributed by atoms with Gasteiger partial charge in [0.25, 0.3) is 0 Å².